The predicted molar refractivity (Wildman–Crippen MR) is 133 cm³/mol. The van der Waals surface area contributed by atoms with Gasteiger partial charge in [0.05, 0.1) is 24.9 Å². The van der Waals surface area contributed by atoms with Gasteiger partial charge in [-0.2, -0.15) is 0 Å². The van der Waals surface area contributed by atoms with E-state index in [1.807, 2.05) is 6.92 Å². The van der Waals surface area contributed by atoms with E-state index in [4.69, 9.17) is 34.2 Å². The molecule has 6 unspecified atom stereocenters. The Morgan fingerprint density at radius 1 is 0.872 bits per heavy atom. The summed E-state index contributed by atoms with van der Waals surface area (Å²) in [5, 5.41) is 51.8. The van der Waals surface area contributed by atoms with Gasteiger partial charge in [-0.25, -0.2) is 0 Å². The second-order valence-corrected chi connectivity index (χ2v) is 11.1. The van der Waals surface area contributed by atoms with Crippen molar-refractivity contribution in [2.75, 3.05) is 13.2 Å². The molecule has 0 aromatic carbocycles. The van der Waals surface area contributed by atoms with Crippen molar-refractivity contribution < 1.29 is 58.7 Å². The zero-order valence-electron chi connectivity index (χ0n) is 22.6. The topological polar surface area (TPSA) is 200 Å². The minimum atomic E-state index is -1.46. The number of carbonyl (C=O) groups excluding carboxylic acids is 1. The zero-order valence-corrected chi connectivity index (χ0v) is 22.6. The fourth-order valence-electron chi connectivity index (χ4n) is 6.05. The molecule has 0 spiro atoms. The summed E-state index contributed by atoms with van der Waals surface area (Å²) in [5.74, 6) is -0.610. The van der Waals surface area contributed by atoms with Crippen molar-refractivity contribution in [1.29, 1.82) is 0 Å². The highest BCUT2D eigenvalue weighted by Crippen LogP contribution is 2.37. The van der Waals surface area contributed by atoms with Gasteiger partial charge in [0.15, 0.2) is 12.6 Å². The number of nitrogens with two attached hydrogens (primary N) is 1. The van der Waals surface area contributed by atoms with Crippen molar-refractivity contribution in [1.82, 2.24) is 0 Å². The highest BCUT2D eigenvalue weighted by atomic mass is 16.7. The first-order valence-corrected chi connectivity index (χ1v) is 14.2. The van der Waals surface area contributed by atoms with Gasteiger partial charge in [-0.3, -0.25) is 4.79 Å². The van der Waals surface area contributed by atoms with Crippen molar-refractivity contribution in [3.05, 3.63) is 0 Å². The molecule has 3 saturated heterocycles. The highest BCUT2D eigenvalue weighted by Gasteiger charge is 2.51. The molecule has 39 heavy (non-hydrogen) atoms. The molecular formula is C26H45NO12. The Balaban J connectivity index is 1.56. The lowest BCUT2D eigenvalue weighted by Crippen LogP contribution is -2.63. The Hall–Kier alpha value is -0.970. The van der Waals surface area contributed by atoms with E-state index in [-0.39, 0.29) is 5.92 Å². The number of ether oxygens (including phenoxy) is 6. The largest absolute Gasteiger partial charge is 0.394 e. The van der Waals surface area contributed by atoms with Crippen molar-refractivity contribution in [2.24, 2.45) is 11.7 Å². The van der Waals surface area contributed by atoms with Crippen LogP contribution in [0, 0.1) is 5.92 Å². The maximum atomic E-state index is 12.0. The molecule has 0 radical (unpaired) electrons. The van der Waals surface area contributed by atoms with E-state index < -0.39 is 92.2 Å². The van der Waals surface area contributed by atoms with Gasteiger partial charge in [0.25, 0.3) is 0 Å². The second-order valence-electron chi connectivity index (χ2n) is 11.1. The van der Waals surface area contributed by atoms with Gasteiger partial charge < -0.3 is 59.7 Å². The Bertz CT molecular complexity index is 790. The first-order chi connectivity index (χ1) is 18.7. The summed E-state index contributed by atoms with van der Waals surface area (Å²) in [5.41, 5.74) is 5.55. The van der Waals surface area contributed by atoms with Crippen LogP contribution in [0.5, 0.6) is 0 Å². The number of carbonyl (C=O) groups is 1. The number of amides is 1. The van der Waals surface area contributed by atoms with Gasteiger partial charge in [-0.1, -0.05) is 19.8 Å². The fraction of sp³-hybridized carbons (Fsp3) is 0.962. The van der Waals surface area contributed by atoms with E-state index in [0.29, 0.717) is 32.3 Å². The number of rotatable bonds is 7. The molecule has 3 heterocycles. The third-order valence-corrected chi connectivity index (χ3v) is 8.44. The van der Waals surface area contributed by atoms with Crippen LogP contribution in [0.2, 0.25) is 0 Å². The Morgan fingerprint density at radius 2 is 1.64 bits per heavy atom. The lowest BCUT2D eigenvalue weighted by atomic mass is 9.82. The molecule has 4 rings (SSSR count). The molecular weight excluding hydrogens is 518 g/mol. The number of hydrogen-bond acceptors (Lipinski definition) is 12. The summed E-state index contributed by atoms with van der Waals surface area (Å²) in [4.78, 5) is 12.0. The molecule has 1 saturated carbocycles. The molecule has 4 fully saturated rings. The quantitative estimate of drug-likeness (QED) is 0.214. The molecule has 226 valence electrons. The van der Waals surface area contributed by atoms with Gasteiger partial charge >= 0.3 is 0 Å². The monoisotopic (exact) mass is 563 g/mol. The van der Waals surface area contributed by atoms with Gasteiger partial charge in [-0.05, 0) is 44.9 Å². The van der Waals surface area contributed by atoms with Crippen LogP contribution in [0.3, 0.4) is 0 Å². The lowest BCUT2D eigenvalue weighted by Gasteiger charge is -2.48. The summed E-state index contributed by atoms with van der Waals surface area (Å²) in [6.45, 7) is 3.41. The van der Waals surface area contributed by atoms with Gasteiger partial charge in [0, 0.05) is 6.61 Å². The van der Waals surface area contributed by atoms with Gasteiger partial charge in [0.2, 0.25) is 5.91 Å². The molecule has 0 aromatic heterocycles. The maximum Gasteiger partial charge on any atom is 0.246 e. The molecule has 4 aliphatic rings. The molecule has 1 aliphatic carbocycles. The average Bonchev–Trinajstić information content (AvgIpc) is 3.03. The highest BCUT2D eigenvalue weighted by molar-refractivity contribution is 5.78. The summed E-state index contributed by atoms with van der Waals surface area (Å²) >= 11 is 0. The third kappa shape index (κ3) is 6.92. The van der Waals surface area contributed by atoms with Crippen molar-refractivity contribution in [3.63, 3.8) is 0 Å². The molecule has 7 N–H and O–H groups in total. The lowest BCUT2D eigenvalue weighted by molar-refractivity contribution is -0.352. The van der Waals surface area contributed by atoms with Crippen LogP contribution in [0.15, 0.2) is 0 Å². The van der Waals surface area contributed by atoms with Gasteiger partial charge in [-0.15, -0.1) is 0 Å². The standard InChI is InChI=1S/C26H45NO12/c1-3-13-7-6-9-14(21(13)39-25-20(32)19(31)17(29)12(2)35-25)37-26-23-22(18(30)16(11-28)38-26)36-15(24(27)33)8-4-5-10-34-23/h12-23,25-26,28-32H,3-11H2,1-2H3,(H2,27,33)/t12?,13-,14-,15-,16?,17-,18+,19?,20+,21?,22?,23?,25+,26-/m1/s1. The van der Waals surface area contributed by atoms with E-state index >= 15 is 0 Å². The van der Waals surface area contributed by atoms with E-state index in [1.54, 1.807) is 6.92 Å². The fourth-order valence-corrected chi connectivity index (χ4v) is 6.05. The predicted octanol–water partition coefficient (Wildman–Crippen LogP) is -1.32. The average molecular weight is 564 g/mol. The smallest absolute Gasteiger partial charge is 0.246 e. The molecule has 13 nitrogen and oxygen atoms in total. The first-order valence-electron chi connectivity index (χ1n) is 14.2. The van der Waals surface area contributed by atoms with Crippen LogP contribution in [0.4, 0.5) is 0 Å². The van der Waals surface area contributed by atoms with Crippen LogP contribution < -0.4 is 5.73 Å². The minimum absolute atomic E-state index is 0.0365. The molecule has 13 heteroatoms. The Morgan fingerprint density at radius 3 is 2.33 bits per heavy atom. The SMILES string of the molecule is CC[C@@H]1CCC[C@@H](O[C@@H]2OC(CO)[C@H](O)C3O[C@@H](C(N)=O)CCCCOC32)C1O[C@@H]1OC(C)[C@@H](O)C(O)[C@@H]1O. The molecule has 14 atom stereocenters. The van der Waals surface area contributed by atoms with Crippen LogP contribution in [0.25, 0.3) is 0 Å². The second kappa shape index (κ2) is 13.8. The third-order valence-electron chi connectivity index (χ3n) is 8.44. The molecule has 3 aliphatic heterocycles. The Kier molecular flexibility index (Phi) is 11.0. The minimum Gasteiger partial charge on any atom is -0.394 e. The number of aliphatic hydroxyl groups excluding tert-OH is 5. The van der Waals surface area contributed by atoms with E-state index in [0.717, 1.165) is 19.3 Å². The molecule has 1 amide bonds. The zero-order chi connectivity index (χ0) is 28.3. The summed E-state index contributed by atoms with van der Waals surface area (Å²) in [6.07, 6.45) is -8.83. The number of aliphatic hydroxyl groups is 5. The summed E-state index contributed by atoms with van der Waals surface area (Å²) in [7, 11) is 0. The maximum absolute atomic E-state index is 12.0. The number of primary amides is 1. The van der Waals surface area contributed by atoms with E-state index in [2.05, 4.69) is 0 Å². The van der Waals surface area contributed by atoms with Crippen LogP contribution >= 0.6 is 0 Å². The van der Waals surface area contributed by atoms with E-state index in [9.17, 15) is 30.3 Å². The van der Waals surface area contributed by atoms with Crippen LogP contribution in [-0.2, 0) is 33.2 Å². The summed E-state index contributed by atoms with van der Waals surface area (Å²) in [6, 6.07) is 0. The number of fused-ring (bicyclic) bond motifs is 1. The van der Waals surface area contributed by atoms with Gasteiger partial charge in [0.1, 0.15) is 48.8 Å². The normalized spacial score (nSPS) is 47.9. The number of hydrogen-bond donors (Lipinski definition) is 6. The van der Waals surface area contributed by atoms with Crippen LogP contribution in [0.1, 0.15) is 58.8 Å². The van der Waals surface area contributed by atoms with Crippen molar-refractivity contribution >= 4 is 5.91 Å². The van der Waals surface area contributed by atoms with Crippen molar-refractivity contribution in [2.45, 2.75) is 139 Å². The van der Waals surface area contributed by atoms with Crippen molar-refractivity contribution in [3.8, 4) is 0 Å². The molecule has 0 aromatic rings. The van der Waals surface area contributed by atoms with Crippen LogP contribution in [-0.4, -0.2) is 124 Å². The molecule has 0 bridgehead atoms. The Labute approximate surface area is 228 Å². The van der Waals surface area contributed by atoms with E-state index in [1.165, 1.54) is 0 Å². The first kappa shape index (κ1) is 31.0. The summed E-state index contributed by atoms with van der Waals surface area (Å²) < 4.78 is 36.5.